The number of nitrogens with zero attached hydrogens (tertiary/aromatic N) is 2. The maximum atomic E-state index is 6.26. The molecular weight excluding hydrogens is 557 g/mol. The number of benzene rings is 3. The van der Waals surface area contributed by atoms with E-state index in [4.69, 9.17) is 32.6 Å². The highest BCUT2D eigenvalue weighted by molar-refractivity contribution is 7.59. The molecule has 0 fully saturated rings. The molecule has 2 unspecified atom stereocenters. The first-order valence-corrected chi connectivity index (χ1v) is 15.1. The summed E-state index contributed by atoms with van der Waals surface area (Å²) in [4.78, 5) is 6.02. The van der Waals surface area contributed by atoms with E-state index in [0.717, 1.165) is 40.4 Å². The Morgan fingerprint density at radius 2 is 1.31 bits per heavy atom. The standard InChI is InChI=1S/C27H35N2O7P3/c1-5-15-33-29(38-35-20-23-10-7-13-26(17-23)31-3)39(36-21-24-11-8-14-27(18-24)32-4)28-37-34-19-22-9-6-12-25(16-22)30-2/h6-14,16-18,38H,5,15,19-21H2,1-4H3. The Bertz CT molecular complexity index is 1160. The molecule has 39 heavy (non-hydrogen) atoms. The third-order valence-corrected chi connectivity index (χ3v) is 8.36. The molecule has 9 nitrogen and oxygen atoms in total. The maximum absolute atomic E-state index is 6.26. The van der Waals surface area contributed by atoms with Crippen LogP contribution in [0.2, 0.25) is 0 Å². The van der Waals surface area contributed by atoms with Crippen LogP contribution >= 0.6 is 26.0 Å². The number of hydrogen-bond donors (Lipinski definition) is 0. The summed E-state index contributed by atoms with van der Waals surface area (Å²) in [5.74, 6) is 2.33. The molecule has 3 aromatic carbocycles. The molecule has 0 radical (unpaired) electrons. The number of hydrogen-bond acceptors (Lipinski definition) is 9. The van der Waals surface area contributed by atoms with Gasteiger partial charge in [-0.15, -0.1) is 0 Å². The van der Waals surface area contributed by atoms with Crippen molar-refractivity contribution in [3.05, 3.63) is 89.5 Å². The molecule has 12 heteroatoms. The lowest BCUT2D eigenvalue weighted by molar-refractivity contribution is -0.0239. The van der Waals surface area contributed by atoms with Gasteiger partial charge < -0.3 is 27.8 Å². The van der Waals surface area contributed by atoms with Crippen molar-refractivity contribution in [1.82, 2.24) is 4.60 Å². The molecule has 0 spiro atoms. The van der Waals surface area contributed by atoms with E-state index in [2.05, 4.69) is 4.52 Å². The first-order chi connectivity index (χ1) is 19.1. The van der Waals surface area contributed by atoms with E-state index < -0.39 is 8.45 Å². The SMILES string of the molecule is CCCON(POCc1cccc(OC)c1)P(N=POCc1cccc(OC)c1)OCc1cccc(OC)c1. The van der Waals surface area contributed by atoms with Crippen LogP contribution in [0, 0.1) is 0 Å². The van der Waals surface area contributed by atoms with Gasteiger partial charge in [0, 0.05) is 0 Å². The van der Waals surface area contributed by atoms with Gasteiger partial charge in [0.1, 0.15) is 26.2 Å². The number of methoxy groups -OCH3 is 3. The van der Waals surface area contributed by atoms with Crippen molar-refractivity contribution in [2.75, 3.05) is 27.9 Å². The van der Waals surface area contributed by atoms with Crippen molar-refractivity contribution in [2.24, 2.45) is 4.52 Å². The Kier molecular flexibility index (Phi) is 14.6. The second kappa shape index (κ2) is 18.2. The normalized spacial score (nSPS) is 12.4. The van der Waals surface area contributed by atoms with Crippen molar-refractivity contribution in [2.45, 2.75) is 33.2 Å². The van der Waals surface area contributed by atoms with E-state index in [9.17, 15) is 0 Å². The van der Waals surface area contributed by atoms with Gasteiger partial charge in [-0.3, -0.25) is 4.84 Å². The highest BCUT2D eigenvalue weighted by atomic mass is 31.2. The lowest BCUT2D eigenvalue weighted by Crippen LogP contribution is -2.11. The monoisotopic (exact) mass is 592 g/mol. The van der Waals surface area contributed by atoms with E-state index in [1.807, 2.05) is 79.7 Å². The third kappa shape index (κ3) is 11.4. The largest absolute Gasteiger partial charge is 0.497 e. The van der Waals surface area contributed by atoms with Crippen molar-refractivity contribution < 1.29 is 32.6 Å². The topological polar surface area (TPSA) is 80.2 Å². The molecule has 0 N–H and O–H groups in total. The van der Waals surface area contributed by atoms with Crippen LogP contribution in [0.1, 0.15) is 30.0 Å². The average Bonchev–Trinajstić information content (AvgIpc) is 2.99. The second-order valence-corrected chi connectivity index (χ2v) is 11.5. The van der Waals surface area contributed by atoms with E-state index in [0.29, 0.717) is 35.0 Å². The summed E-state index contributed by atoms with van der Waals surface area (Å²) in [6.45, 7) is 3.65. The van der Waals surface area contributed by atoms with Crippen LogP contribution in [0.3, 0.4) is 0 Å². The van der Waals surface area contributed by atoms with Crippen molar-refractivity contribution in [1.29, 1.82) is 0 Å². The maximum Gasteiger partial charge on any atom is 0.275 e. The molecule has 3 aromatic rings. The Balaban J connectivity index is 1.68. The molecule has 0 aromatic heterocycles. The van der Waals surface area contributed by atoms with Gasteiger partial charge >= 0.3 is 0 Å². The minimum Gasteiger partial charge on any atom is -0.497 e. The van der Waals surface area contributed by atoms with Crippen molar-refractivity contribution >= 4 is 26.0 Å². The van der Waals surface area contributed by atoms with Crippen LogP contribution < -0.4 is 14.2 Å². The first kappa shape index (κ1) is 31.3. The summed E-state index contributed by atoms with van der Waals surface area (Å²) in [6, 6.07) is 23.2. The van der Waals surface area contributed by atoms with Gasteiger partial charge in [0.25, 0.3) is 8.45 Å². The minimum atomic E-state index is -1.56. The highest BCUT2D eigenvalue weighted by Crippen LogP contribution is 2.53. The highest BCUT2D eigenvalue weighted by Gasteiger charge is 2.22. The van der Waals surface area contributed by atoms with Crippen LogP contribution in [-0.4, -0.2) is 32.5 Å². The molecule has 2 atom stereocenters. The minimum absolute atomic E-state index is 0.136. The summed E-state index contributed by atoms with van der Waals surface area (Å²) in [5.41, 5.74) is 2.94. The predicted molar refractivity (Wildman–Crippen MR) is 156 cm³/mol. The molecular formula is C27H35N2O7P3. The summed E-state index contributed by atoms with van der Waals surface area (Å²) >= 11 is 0. The predicted octanol–water partition coefficient (Wildman–Crippen LogP) is 8.09. The van der Waals surface area contributed by atoms with Crippen LogP contribution in [0.15, 0.2) is 77.3 Å². The van der Waals surface area contributed by atoms with Gasteiger partial charge in [-0.25, -0.2) is 0 Å². The van der Waals surface area contributed by atoms with Crippen molar-refractivity contribution in [3.63, 3.8) is 0 Å². The third-order valence-electron chi connectivity index (χ3n) is 5.11. The zero-order chi connectivity index (χ0) is 27.7. The second-order valence-electron chi connectivity index (χ2n) is 8.01. The van der Waals surface area contributed by atoms with E-state index in [-0.39, 0.29) is 8.96 Å². The van der Waals surface area contributed by atoms with Gasteiger partial charge in [-0.1, -0.05) is 47.9 Å². The summed E-state index contributed by atoms with van der Waals surface area (Å²) in [5, 5.41) is 0. The number of ether oxygens (including phenoxy) is 3. The molecule has 0 aliphatic heterocycles. The lowest BCUT2D eigenvalue weighted by Gasteiger charge is -2.25. The zero-order valence-corrected chi connectivity index (χ0v) is 25.4. The summed E-state index contributed by atoms with van der Waals surface area (Å²) in [7, 11) is 3.65. The molecule has 0 bridgehead atoms. The molecule has 0 aliphatic rings. The summed E-state index contributed by atoms with van der Waals surface area (Å²) < 4.78 is 40.4. The molecule has 3 rings (SSSR count). The Labute approximate surface area is 235 Å². The van der Waals surface area contributed by atoms with E-state index >= 15 is 0 Å². The van der Waals surface area contributed by atoms with Crippen LogP contribution in [0.25, 0.3) is 0 Å². The van der Waals surface area contributed by atoms with E-state index in [1.54, 1.807) is 25.9 Å². The fraction of sp³-hybridized carbons (Fsp3) is 0.333. The van der Waals surface area contributed by atoms with Gasteiger partial charge in [-0.2, -0.15) is 4.52 Å². The Morgan fingerprint density at radius 1 is 0.769 bits per heavy atom. The lowest BCUT2D eigenvalue weighted by atomic mass is 10.2. The van der Waals surface area contributed by atoms with Crippen LogP contribution in [0.4, 0.5) is 0 Å². The molecule has 0 aliphatic carbocycles. The van der Waals surface area contributed by atoms with Crippen LogP contribution in [0.5, 0.6) is 17.2 Å². The Morgan fingerprint density at radius 3 is 1.85 bits per heavy atom. The van der Waals surface area contributed by atoms with Gasteiger partial charge in [-0.05, 0) is 59.5 Å². The molecule has 0 saturated carbocycles. The smallest absolute Gasteiger partial charge is 0.275 e. The quantitative estimate of drug-likeness (QED) is 0.108. The fourth-order valence-corrected chi connectivity index (χ4v) is 6.34. The fourth-order valence-electron chi connectivity index (χ4n) is 3.15. The average molecular weight is 593 g/mol. The molecule has 0 heterocycles. The van der Waals surface area contributed by atoms with Gasteiger partial charge in [0.05, 0.1) is 47.8 Å². The molecule has 0 amide bonds. The zero-order valence-electron chi connectivity index (χ0n) is 22.6. The van der Waals surface area contributed by atoms with Crippen molar-refractivity contribution in [3.8, 4) is 17.2 Å². The van der Waals surface area contributed by atoms with Gasteiger partial charge in [0.15, 0.2) is 8.60 Å². The molecule has 210 valence electrons. The van der Waals surface area contributed by atoms with E-state index in [1.165, 1.54) is 0 Å². The Hall–Kier alpha value is -2.18. The molecule has 0 saturated heterocycles. The van der Waals surface area contributed by atoms with Gasteiger partial charge in [0.2, 0.25) is 0 Å². The van der Waals surface area contributed by atoms with Crippen LogP contribution in [-0.2, 0) is 38.2 Å². The number of rotatable bonds is 18. The first-order valence-electron chi connectivity index (χ1n) is 12.3. The summed E-state index contributed by atoms with van der Waals surface area (Å²) in [6.07, 6.45) is 0.833.